The molecule has 4 nitrogen and oxygen atoms in total. The fourth-order valence-corrected chi connectivity index (χ4v) is 2.61. The van der Waals surface area contributed by atoms with Gasteiger partial charge in [0.15, 0.2) is 0 Å². The number of benzene rings is 1. The first-order valence-electron chi connectivity index (χ1n) is 7.29. The number of anilines is 1. The lowest BCUT2D eigenvalue weighted by atomic mass is 10.1. The van der Waals surface area contributed by atoms with Crippen LogP contribution in [-0.4, -0.2) is 9.36 Å². The fraction of sp³-hybridized carbons (Fsp3) is 0.438. The molecule has 0 fully saturated rings. The summed E-state index contributed by atoms with van der Waals surface area (Å²) in [4.78, 5) is 12.4. The predicted octanol–water partition coefficient (Wildman–Crippen LogP) is 2.95. The molecule has 0 bridgehead atoms. The SMILES string of the molecule is CCCn1c(C(C)C)c(N)c(=O)n1Cc1ccc(F)cc1. The topological polar surface area (TPSA) is 52.9 Å². The van der Waals surface area contributed by atoms with Crippen molar-refractivity contribution in [3.8, 4) is 0 Å². The molecule has 2 N–H and O–H groups in total. The molecule has 5 heteroatoms. The van der Waals surface area contributed by atoms with Crippen molar-refractivity contribution in [3.05, 3.63) is 51.7 Å². The predicted molar refractivity (Wildman–Crippen MR) is 83.0 cm³/mol. The lowest BCUT2D eigenvalue weighted by Crippen LogP contribution is -2.25. The van der Waals surface area contributed by atoms with Crippen LogP contribution in [-0.2, 0) is 13.1 Å². The molecular weight excluding hydrogens is 269 g/mol. The summed E-state index contributed by atoms with van der Waals surface area (Å²) in [5, 5.41) is 0. The van der Waals surface area contributed by atoms with Gasteiger partial charge in [-0.15, -0.1) is 0 Å². The number of nitrogen functional groups attached to an aromatic ring is 1. The highest BCUT2D eigenvalue weighted by Crippen LogP contribution is 2.20. The van der Waals surface area contributed by atoms with E-state index in [9.17, 15) is 9.18 Å². The molecule has 1 heterocycles. The van der Waals surface area contributed by atoms with Gasteiger partial charge in [0.2, 0.25) is 0 Å². The zero-order valence-corrected chi connectivity index (χ0v) is 12.8. The van der Waals surface area contributed by atoms with Crippen LogP contribution in [0.1, 0.15) is 44.4 Å². The lowest BCUT2D eigenvalue weighted by molar-refractivity contribution is 0.443. The van der Waals surface area contributed by atoms with Crippen molar-refractivity contribution in [2.24, 2.45) is 0 Å². The van der Waals surface area contributed by atoms with Gasteiger partial charge in [-0.05, 0) is 30.0 Å². The third-order valence-electron chi connectivity index (χ3n) is 3.54. The summed E-state index contributed by atoms with van der Waals surface area (Å²) in [6, 6.07) is 6.19. The van der Waals surface area contributed by atoms with Gasteiger partial charge in [0, 0.05) is 6.54 Å². The van der Waals surface area contributed by atoms with Gasteiger partial charge in [-0.25, -0.2) is 9.07 Å². The third-order valence-corrected chi connectivity index (χ3v) is 3.54. The van der Waals surface area contributed by atoms with Gasteiger partial charge < -0.3 is 5.73 Å². The Hall–Kier alpha value is -2.04. The number of nitrogens with zero attached hydrogens (tertiary/aromatic N) is 2. The first kappa shape index (κ1) is 15.4. The maximum absolute atomic E-state index is 13.0. The van der Waals surface area contributed by atoms with Crippen molar-refractivity contribution in [3.63, 3.8) is 0 Å². The van der Waals surface area contributed by atoms with E-state index < -0.39 is 0 Å². The number of hydrogen-bond acceptors (Lipinski definition) is 2. The molecular formula is C16H22FN3O. The van der Waals surface area contributed by atoms with E-state index in [1.165, 1.54) is 12.1 Å². The number of hydrogen-bond donors (Lipinski definition) is 1. The summed E-state index contributed by atoms with van der Waals surface area (Å²) in [5.74, 6) is -0.101. The summed E-state index contributed by atoms with van der Waals surface area (Å²) < 4.78 is 16.6. The highest BCUT2D eigenvalue weighted by atomic mass is 19.1. The molecule has 114 valence electrons. The molecule has 0 saturated heterocycles. The molecule has 0 atom stereocenters. The maximum Gasteiger partial charge on any atom is 0.290 e. The molecule has 1 aromatic carbocycles. The van der Waals surface area contributed by atoms with Crippen LogP contribution >= 0.6 is 0 Å². The third kappa shape index (κ3) is 3.01. The van der Waals surface area contributed by atoms with Gasteiger partial charge in [-0.1, -0.05) is 32.9 Å². The average Bonchev–Trinajstić information content (AvgIpc) is 2.66. The molecule has 0 aliphatic heterocycles. The van der Waals surface area contributed by atoms with Gasteiger partial charge in [0.25, 0.3) is 5.56 Å². The number of rotatable bonds is 5. The monoisotopic (exact) mass is 291 g/mol. The molecule has 0 radical (unpaired) electrons. The quantitative estimate of drug-likeness (QED) is 0.920. The minimum Gasteiger partial charge on any atom is -0.393 e. The fourth-order valence-electron chi connectivity index (χ4n) is 2.61. The van der Waals surface area contributed by atoms with E-state index in [0.717, 1.165) is 24.2 Å². The summed E-state index contributed by atoms with van der Waals surface area (Å²) in [5.41, 5.74) is 7.91. The molecule has 0 aliphatic rings. The standard InChI is InChI=1S/C16H22FN3O/c1-4-9-19-15(11(2)3)14(18)16(21)20(19)10-12-5-7-13(17)8-6-12/h5-8,11H,4,9-10,18H2,1-3H3. The smallest absolute Gasteiger partial charge is 0.290 e. The van der Waals surface area contributed by atoms with Crippen molar-refractivity contribution < 1.29 is 4.39 Å². The molecule has 2 aromatic rings. The van der Waals surface area contributed by atoms with Crippen molar-refractivity contribution in [1.82, 2.24) is 9.36 Å². The number of nitrogens with two attached hydrogens (primary N) is 1. The van der Waals surface area contributed by atoms with Crippen LogP contribution in [0.25, 0.3) is 0 Å². The maximum atomic E-state index is 13.0. The van der Waals surface area contributed by atoms with Gasteiger partial charge in [0.1, 0.15) is 11.5 Å². The normalized spacial score (nSPS) is 11.3. The first-order chi connectivity index (χ1) is 9.95. The second kappa shape index (κ2) is 6.16. The molecule has 0 spiro atoms. The summed E-state index contributed by atoms with van der Waals surface area (Å²) >= 11 is 0. The van der Waals surface area contributed by atoms with Gasteiger partial charge in [-0.2, -0.15) is 0 Å². The molecule has 0 unspecified atom stereocenters. The Kier molecular flexibility index (Phi) is 4.50. The van der Waals surface area contributed by atoms with Gasteiger partial charge in [-0.3, -0.25) is 9.48 Å². The van der Waals surface area contributed by atoms with Crippen molar-refractivity contribution in [2.75, 3.05) is 5.73 Å². The summed E-state index contributed by atoms with van der Waals surface area (Å²) in [6.07, 6.45) is 0.913. The Morgan fingerprint density at radius 3 is 2.33 bits per heavy atom. The van der Waals surface area contributed by atoms with E-state index in [-0.39, 0.29) is 17.3 Å². The van der Waals surface area contributed by atoms with Crippen LogP contribution in [0.4, 0.5) is 10.1 Å². The first-order valence-corrected chi connectivity index (χ1v) is 7.29. The molecule has 0 saturated carbocycles. The van der Waals surface area contributed by atoms with Crippen LogP contribution < -0.4 is 11.3 Å². The van der Waals surface area contributed by atoms with E-state index in [2.05, 4.69) is 6.92 Å². The van der Waals surface area contributed by atoms with E-state index >= 15 is 0 Å². The largest absolute Gasteiger partial charge is 0.393 e. The minimum atomic E-state index is -0.280. The van der Waals surface area contributed by atoms with Crippen molar-refractivity contribution in [1.29, 1.82) is 0 Å². The molecule has 0 amide bonds. The second-order valence-electron chi connectivity index (χ2n) is 5.57. The van der Waals surface area contributed by atoms with E-state index in [0.29, 0.717) is 12.2 Å². The van der Waals surface area contributed by atoms with Crippen LogP contribution in [0.15, 0.2) is 29.1 Å². The summed E-state index contributed by atoms with van der Waals surface area (Å²) in [6.45, 7) is 7.25. The number of aromatic nitrogens is 2. The van der Waals surface area contributed by atoms with Crippen molar-refractivity contribution >= 4 is 5.69 Å². The highest BCUT2D eigenvalue weighted by molar-refractivity contribution is 5.43. The lowest BCUT2D eigenvalue weighted by Gasteiger charge is -2.16. The van der Waals surface area contributed by atoms with Crippen LogP contribution in [0.3, 0.4) is 0 Å². The van der Waals surface area contributed by atoms with E-state index in [1.54, 1.807) is 16.8 Å². The molecule has 1 aromatic heterocycles. The molecule has 0 aliphatic carbocycles. The van der Waals surface area contributed by atoms with Crippen LogP contribution in [0.5, 0.6) is 0 Å². The molecule has 21 heavy (non-hydrogen) atoms. The van der Waals surface area contributed by atoms with Crippen molar-refractivity contribution in [2.45, 2.75) is 46.2 Å². The highest BCUT2D eigenvalue weighted by Gasteiger charge is 2.19. The van der Waals surface area contributed by atoms with Gasteiger partial charge >= 0.3 is 0 Å². The Balaban J connectivity index is 2.49. The zero-order valence-electron chi connectivity index (χ0n) is 12.8. The minimum absolute atomic E-state index is 0.170. The Morgan fingerprint density at radius 2 is 1.81 bits per heavy atom. The summed E-state index contributed by atoms with van der Waals surface area (Å²) in [7, 11) is 0. The van der Waals surface area contributed by atoms with E-state index in [1.807, 2.05) is 18.5 Å². The zero-order chi connectivity index (χ0) is 15.6. The van der Waals surface area contributed by atoms with Gasteiger partial charge in [0.05, 0.1) is 12.2 Å². The van der Waals surface area contributed by atoms with E-state index in [4.69, 9.17) is 5.73 Å². The Bertz CT molecular complexity index is 668. The van der Waals surface area contributed by atoms with Crippen LogP contribution in [0, 0.1) is 5.82 Å². The van der Waals surface area contributed by atoms with Crippen LogP contribution in [0.2, 0.25) is 0 Å². The Morgan fingerprint density at radius 1 is 1.19 bits per heavy atom. The average molecular weight is 291 g/mol. The Labute approximate surface area is 124 Å². The molecule has 2 rings (SSSR count). The second-order valence-corrected chi connectivity index (χ2v) is 5.57. The number of halogens is 1.